The number of aliphatic carboxylic acids is 1. The highest BCUT2D eigenvalue weighted by molar-refractivity contribution is 6.25. The molecule has 3 N–H and O–H groups in total. The Morgan fingerprint density at radius 1 is 1.29 bits per heavy atom. The predicted octanol–water partition coefficient (Wildman–Crippen LogP) is 0.00600. The molecule has 2 aliphatic heterocycles. The van der Waals surface area contributed by atoms with Gasteiger partial charge in [0.05, 0.1) is 24.3 Å². The molecule has 0 saturated carbocycles. The summed E-state index contributed by atoms with van der Waals surface area (Å²) in [5.74, 6) is -3.42. The van der Waals surface area contributed by atoms with Gasteiger partial charge in [0, 0.05) is 25.3 Å². The number of carboxylic acid groups (broad SMARTS) is 1. The lowest BCUT2D eigenvalue weighted by Gasteiger charge is -2.27. The smallest absolute Gasteiger partial charge is 0.335 e. The average molecular weight is 433 g/mol. The van der Waals surface area contributed by atoms with Gasteiger partial charge in [0.2, 0.25) is 11.8 Å². The minimum absolute atomic E-state index is 0.0470. The molecular formula is C20H23N3O8. The predicted molar refractivity (Wildman–Crippen MR) is 105 cm³/mol. The van der Waals surface area contributed by atoms with E-state index in [0.717, 1.165) is 4.90 Å². The van der Waals surface area contributed by atoms with Crippen molar-refractivity contribution in [2.45, 2.75) is 31.9 Å². The van der Waals surface area contributed by atoms with Gasteiger partial charge in [-0.25, -0.2) is 4.79 Å². The maximum absolute atomic E-state index is 13.0. The Morgan fingerprint density at radius 3 is 2.74 bits per heavy atom. The number of benzene rings is 1. The highest BCUT2D eigenvalue weighted by atomic mass is 16.5. The van der Waals surface area contributed by atoms with Crippen LogP contribution >= 0.6 is 0 Å². The van der Waals surface area contributed by atoms with Crippen LogP contribution in [0.15, 0.2) is 18.2 Å². The molecule has 2 atom stereocenters. The van der Waals surface area contributed by atoms with Crippen molar-refractivity contribution in [1.82, 2.24) is 10.2 Å². The zero-order valence-electron chi connectivity index (χ0n) is 16.9. The number of piperidine rings is 1. The van der Waals surface area contributed by atoms with E-state index in [-0.39, 0.29) is 50.3 Å². The zero-order valence-corrected chi connectivity index (χ0v) is 16.9. The first-order chi connectivity index (χ1) is 14.8. The molecule has 0 aliphatic carbocycles. The van der Waals surface area contributed by atoms with E-state index in [1.54, 1.807) is 19.1 Å². The monoisotopic (exact) mass is 433 g/mol. The van der Waals surface area contributed by atoms with E-state index in [9.17, 15) is 24.0 Å². The molecule has 0 bridgehead atoms. The van der Waals surface area contributed by atoms with E-state index in [1.165, 1.54) is 6.07 Å². The summed E-state index contributed by atoms with van der Waals surface area (Å²) in [5, 5.41) is 14.2. The summed E-state index contributed by atoms with van der Waals surface area (Å²) in [6, 6.07) is 3.70. The molecular weight excluding hydrogens is 410 g/mol. The Morgan fingerprint density at radius 2 is 2.06 bits per heavy atom. The number of nitrogens with zero attached hydrogens (tertiary/aromatic N) is 1. The molecule has 11 nitrogen and oxygen atoms in total. The van der Waals surface area contributed by atoms with Gasteiger partial charge in [-0.1, -0.05) is 6.07 Å². The van der Waals surface area contributed by atoms with E-state index in [2.05, 4.69) is 10.6 Å². The van der Waals surface area contributed by atoms with E-state index in [4.69, 9.17) is 14.6 Å². The molecule has 0 spiro atoms. The summed E-state index contributed by atoms with van der Waals surface area (Å²) in [7, 11) is 0. The van der Waals surface area contributed by atoms with E-state index in [1.807, 2.05) is 0 Å². The number of fused-ring (bicyclic) bond motifs is 1. The molecule has 1 aromatic rings. The van der Waals surface area contributed by atoms with Crippen LogP contribution in [0.1, 0.15) is 40.5 Å². The molecule has 2 heterocycles. The van der Waals surface area contributed by atoms with Gasteiger partial charge in [0.25, 0.3) is 11.8 Å². The Bertz CT molecular complexity index is 916. The summed E-state index contributed by atoms with van der Waals surface area (Å²) in [5.41, 5.74) is 0.715. The van der Waals surface area contributed by atoms with Crippen molar-refractivity contribution in [3.05, 3.63) is 29.3 Å². The Labute approximate surface area is 177 Å². The number of amides is 4. The van der Waals surface area contributed by atoms with Crippen LogP contribution in [0.5, 0.6) is 0 Å². The van der Waals surface area contributed by atoms with Crippen molar-refractivity contribution >= 4 is 35.3 Å². The minimum atomic E-state index is -1.12. The van der Waals surface area contributed by atoms with Crippen LogP contribution in [0.3, 0.4) is 0 Å². The first kappa shape index (κ1) is 22.4. The molecule has 11 heteroatoms. The van der Waals surface area contributed by atoms with Crippen LogP contribution in [-0.2, 0) is 23.9 Å². The van der Waals surface area contributed by atoms with Crippen molar-refractivity contribution in [2.24, 2.45) is 0 Å². The Kier molecular flexibility index (Phi) is 6.98. The highest BCUT2D eigenvalue weighted by Gasteiger charge is 2.45. The standard InChI is InChI=1S/C20H23N3O8/c1-2-31-14(20(28)29)10-30-9-8-21-12-5-3-4-11-16(12)19(27)23(18(11)26)13-6-7-15(24)22-17(13)25/h3-5,13-14,21H,2,6-10H2,1H3,(H,28,29)(H,22,24,25). The number of carbonyl (C=O) groups is 5. The third-order valence-electron chi connectivity index (χ3n) is 4.94. The number of hydrogen-bond acceptors (Lipinski definition) is 8. The maximum atomic E-state index is 13.0. The zero-order chi connectivity index (χ0) is 22.5. The molecule has 1 saturated heterocycles. The third-order valence-corrected chi connectivity index (χ3v) is 4.94. The molecule has 3 rings (SSSR count). The van der Waals surface area contributed by atoms with Gasteiger partial charge >= 0.3 is 5.97 Å². The lowest BCUT2D eigenvalue weighted by atomic mass is 10.0. The van der Waals surface area contributed by atoms with Gasteiger partial charge in [0.1, 0.15) is 6.04 Å². The summed E-state index contributed by atoms with van der Waals surface area (Å²) in [6.07, 6.45) is -0.935. The number of carbonyl (C=O) groups excluding carboxylic acids is 4. The fourth-order valence-electron chi connectivity index (χ4n) is 3.50. The molecule has 1 fully saturated rings. The lowest BCUT2D eigenvalue weighted by molar-refractivity contribution is -0.154. The van der Waals surface area contributed by atoms with Gasteiger partial charge in [-0.15, -0.1) is 0 Å². The van der Waals surface area contributed by atoms with Crippen molar-refractivity contribution in [3.8, 4) is 0 Å². The summed E-state index contributed by atoms with van der Waals surface area (Å²) in [4.78, 5) is 61.2. The number of carboxylic acids is 1. The van der Waals surface area contributed by atoms with Crippen molar-refractivity contribution in [1.29, 1.82) is 0 Å². The molecule has 2 unspecified atom stereocenters. The fraction of sp³-hybridized carbons (Fsp3) is 0.450. The van der Waals surface area contributed by atoms with Gasteiger partial charge in [0.15, 0.2) is 6.10 Å². The third kappa shape index (κ3) is 4.72. The minimum Gasteiger partial charge on any atom is -0.479 e. The van der Waals surface area contributed by atoms with E-state index < -0.39 is 41.7 Å². The van der Waals surface area contributed by atoms with Gasteiger partial charge in [-0.2, -0.15) is 0 Å². The second-order valence-corrected chi connectivity index (χ2v) is 6.96. The first-order valence-corrected chi connectivity index (χ1v) is 9.85. The van der Waals surface area contributed by atoms with E-state index in [0.29, 0.717) is 5.69 Å². The van der Waals surface area contributed by atoms with Crippen LogP contribution < -0.4 is 10.6 Å². The van der Waals surface area contributed by atoms with Crippen LogP contribution in [0.4, 0.5) is 5.69 Å². The lowest BCUT2D eigenvalue weighted by Crippen LogP contribution is -2.54. The number of anilines is 1. The molecule has 166 valence electrons. The first-order valence-electron chi connectivity index (χ1n) is 9.85. The van der Waals surface area contributed by atoms with Gasteiger partial charge < -0.3 is 19.9 Å². The number of nitrogens with one attached hydrogen (secondary N) is 2. The van der Waals surface area contributed by atoms with Crippen LogP contribution in [0, 0.1) is 0 Å². The quantitative estimate of drug-likeness (QED) is 0.342. The molecule has 0 aromatic heterocycles. The largest absolute Gasteiger partial charge is 0.479 e. The van der Waals surface area contributed by atoms with E-state index >= 15 is 0 Å². The van der Waals surface area contributed by atoms with Crippen molar-refractivity contribution < 1.29 is 38.6 Å². The maximum Gasteiger partial charge on any atom is 0.335 e. The van der Waals surface area contributed by atoms with Crippen LogP contribution in [-0.4, -0.2) is 78.1 Å². The van der Waals surface area contributed by atoms with Crippen molar-refractivity contribution in [2.75, 3.05) is 31.7 Å². The van der Waals surface area contributed by atoms with Crippen LogP contribution in [0.2, 0.25) is 0 Å². The molecule has 2 aliphatic rings. The van der Waals surface area contributed by atoms with Gasteiger partial charge in [-0.05, 0) is 25.5 Å². The second kappa shape index (κ2) is 9.67. The van der Waals surface area contributed by atoms with Gasteiger partial charge in [-0.3, -0.25) is 29.4 Å². The number of rotatable bonds is 10. The number of hydrogen-bond donors (Lipinski definition) is 3. The highest BCUT2D eigenvalue weighted by Crippen LogP contribution is 2.32. The molecule has 31 heavy (non-hydrogen) atoms. The van der Waals surface area contributed by atoms with Crippen molar-refractivity contribution in [3.63, 3.8) is 0 Å². The normalized spacial score (nSPS) is 19.3. The summed E-state index contributed by atoms with van der Waals surface area (Å²) < 4.78 is 10.4. The molecule has 1 aromatic carbocycles. The molecule has 0 radical (unpaired) electrons. The fourth-order valence-corrected chi connectivity index (χ4v) is 3.50. The Balaban J connectivity index is 1.63. The summed E-state index contributed by atoms with van der Waals surface area (Å²) >= 11 is 0. The second-order valence-electron chi connectivity index (χ2n) is 6.96. The topological polar surface area (TPSA) is 151 Å². The Hall–Kier alpha value is -3.31. The molecule has 4 amide bonds. The SMILES string of the molecule is CCOC(COCCNc1cccc2c1C(=O)N(C1CCC(=O)NC1=O)C2=O)C(=O)O. The summed E-state index contributed by atoms with van der Waals surface area (Å²) in [6.45, 7) is 2.19. The average Bonchev–Trinajstić information content (AvgIpc) is 2.98. The van der Waals surface area contributed by atoms with Crippen LogP contribution in [0.25, 0.3) is 0 Å². The number of imide groups is 2. The number of ether oxygens (including phenoxy) is 2.